The van der Waals surface area contributed by atoms with E-state index in [9.17, 15) is 14.4 Å². The van der Waals surface area contributed by atoms with Crippen LogP contribution in [0.1, 0.15) is 39.0 Å². The molecule has 0 aliphatic heterocycles. The van der Waals surface area contributed by atoms with Crippen molar-refractivity contribution in [3.8, 4) is 0 Å². The molecule has 2 aliphatic rings. The maximum absolute atomic E-state index is 11.2. The van der Waals surface area contributed by atoms with Crippen LogP contribution in [0.3, 0.4) is 0 Å². The highest BCUT2D eigenvalue weighted by atomic mass is 16.3. The third kappa shape index (κ3) is 3.44. The number of hydrogen-bond donors (Lipinski definition) is 1. The molecule has 0 spiro atoms. The Morgan fingerprint density at radius 1 is 1.06 bits per heavy atom. The first-order valence-corrected chi connectivity index (χ1v) is 5.86. The van der Waals surface area contributed by atoms with Gasteiger partial charge in [-0.15, -0.1) is 0 Å². The molecule has 3 N–H and O–H groups in total. The molecule has 5 heteroatoms. The van der Waals surface area contributed by atoms with Gasteiger partial charge in [-0.05, 0) is 19.3 Å². The molecule has 0 aromatic heterocycles. The second-order valence-corrected chi connectivity index (χ2v) is 4.28. The smallest absolute Gasteiger partial charge is 0.264 e. The second-order valence-electron chi connectivity index (χ2n) is 4.28. The lowest BCUT2D eigenvalue weighted by Gasteiger charge is -2.20. The predicted octanol–water partition coefficient (Wildman–Crippen LogP) is 0.0777. The van der Waals surface area contributed by atoms with Crippen LogP contribution in [0.15, 0.2) is 0 Å². The molecule has 2 atom stereocenters. The Morgan fingerprint density at radius 3 is 1.71 bits per heavy atom. The minimum Gasteiger partial charge on any atom is -0.412 e. The van der Waals surface area contributed by atoms with E-state index in [0.717, 1.165) is 32.1 Å². The van der Waals surface area contributed by atoms with Crippen LogP contribution in [-0.2, 0) is 14.4 Å². The molecular weight excluding hydrogens is 224 g/mol. The van der Waals surface area contributed by atoms with Gasteiger partial charge in [0.2, 0.25) is 11.6 Å². The summed E-state index contributed by atoms with van der Waals surface area (Å²) in [5.41, 5.74) is 0. The minimum atomic E-state index is -0.744. The Balaban J connectivity index is 0.000000453. The summed E-state index contributed by atoms with van der Waals surface area (Å²) in [7, 11) is 0. The van der Waals surface area contributed by atoms with Crippen LogP contribution in [0.5, 0.6) is 0 Å². The van der Waals surface area contributed by atoms with E-state index in [1.165, 1.54) is 0 Å². The van der Waals surface area contributed by atoms with Gasteiger partial charge in [-0.3, -0.25) is 14.4 Å². The summed E-state index contributed by atoms with van der Waals surface area (Å²) in [6.07, 6.45) is 4.31. The zero-order valence-electron chi connectivity index (χ0n) is 10.1. The van der Waals surface area contributed by atoms with E-state index in [1.807, 2.05) is 6.92 Å². The molecule has 0 aromatic carbocycles. The van der Waals surface area contributed by atoms with E-state index in [1.54, 1.807) is 0 Å². The van der Waals surface area contributed by atoms with Gasteiger partial charge in [0.15, 0.2) is 0 Å². The van der Waals surface area contributed by atoms with E-state index in [0.29, 0.717) is 6.61 Å². The number of carbonyl (C=O) groups is 3. The van der Waals surface area contributed by atoms with Gasteiger partial charge < -0.3 is 10.6 Å². The predicted molar refractivity (Wildman–Crippen MR) is 61.5 cm³/mol. The molecule has 2 unspecified atom stereocenters. The highest BCUT2D eigenvalue weighted by Gasteiger charge is 2.48. The Morgan fingerprint density at radius 2 is 1.41 bits per heavy atom. The minimum absolute atomic E-state index is 0. The molecule has 0 aromatic rings. The van der Waals surface area contributed by atoms with Gasteiger partial charge >= 0.3 is 0 Å². The number of hydrogen-bond acceptors (Lipinski definition) is 4. The average molecular weight is 244 g/mol. The summed E-state index contributed by atoms with van der Waals surface area (Å²) in [5, 5.41) is 7.88. The van der Waals surface area contributed by atoms with Crippen molar-refractivity contribution in [3.63, 3.8) is 0 Å². The van der Waals surface area contributed by atoms with Crippen molar-refractivity contribution in [2.24, 2.45) is 11.8 Å². The van der Waals surface area contributed by atoms with Crippen LogP contribution in [-0.4, -0.2) is 34.5 Å². The standard InChI is InChI=1S/C9H10O3.C3H8O.H2O/c10-7-5-3-1-2-4-6(5)8(11)9(7)12;1-2-3-4;/h5-6H,1-4H2;4H,2-3H2,1H3;1H2. The van der Waals surface area contributed by atoms with Crippen molar-refractivity contribution in [3.05, 3.63) is 0 Å². The molecule has 2 rings (SSSR count). The molecule has 2 aliphatic carbocycles. The fourth-order valence-electron chi connectivity index (χ4n) is 2.22. The Hall–Kier alpha value is -1.07. The number of aliphatic hydroxyl groups excluding tert-OH is 1. The molecule has 0 heterocycles. The van der Waals surface area contributed by atoms with Crippen molar-refractivity contribution in [2.45, 2.75) is 39.0 Å². The van der Waals surface area contributed by atoms with Gasteiger partial charge in [-0.25, -0.2) is 0 Å². The molecule has 2 fully saturated rings. The number of aliphatic hydroxyl groups is 1. The second kappa shape index (κ2) is 7.29. The topological polar surface area (TPSA) is 103 Å². The molecule has 98 valence electrons. The molecule has 17 heavy (non-hydrogen) atoms. The SMILES string of the molecule is CCCO.O.O=C1C(=O)C2CCCCC2C1=O. The molecule has 2 saturated carbocycles. The van der Waals surface area contributed by atoms with E-state index in [4.69, 9.17) is 5.11 Å². The Kier molecular flexibility index (Phi) is 6.83. The molecule has 0 saturated heterocycles. The molecule has 0 radical (unpaired) electrons. The summed E-state index contributed by atoms with van der Waals surface area (Å²) in [6.45, 7) is 2.25. The van der Waals surface area contributed by atoms with Gasteiger partial charge in [0.25, 0.3) is 5.78 Å². The van der Waals surface area contributed by atoms with Crippen LogP contribution >= 0.6 is 0 Å². The zero-order chi connectivity index (χ0) is 12.1. The fraction of sp³-hybridized carbons (Fsp3) is 0.750. The van der Waals surface area contributed by atoms with Crippen LogP contribution < -0.4 is 0 Å². The number of carbonyl (C=O) groups excluding carboxylic acids is 3. The Labute approximate surface area is 101 Å². The van der Waals surface area contributed by atoms with Gasteiger partial charge in [0, 0.05) is 18.4 Å². The first kappa shape index (κ1) is 15.9. The van der Waals surface area contributed by atoms with Crippen molar-refractivity contribution < 1.29 is 25.0 Å². The van der Waals surface area contributed by atoms with Crippen molar-refractivity contribution >= 4 is 17.3 Å². The zero-order valence-corrected chi connectivity index (χ0v) is 10.1. The molecule has 5 nitrogen and oxygen atoms in total. The lowest BCUT2D eigenvalue weighted by Crippen LogP contribution is -2.21. The van der Waals surface area contributed by atoms with Gasteiger partial charge in [0.1, 0.15) is 0 Å². The molecule has 0 amide bonds. The summed E-state index contributed by atoms with van der Waals surface area (Å²) in [4.78, 5) is 33.3. The lowest BCUT2D eigenvalue weighted by atomic mass is 9.81. The van der Waals surface area contributed by atoms with Crippen LogP contribution in [0.4, 0.5) is 0 Å². The number of fused-ring (bicyclic) bond motifs is 1. The quantitative estimate of drug-likeness (QED) is 0.659. The van der Waals surface area contributed by atoms with Crippen molar-refractivity contribution in [1.82, 2.24) is 0 Å². The van der Waals surface area contributed by atoms with Crippen LogP contribution in [0.2, 0.25) is 0 Å². The molecule has 0 bridgehead atoms. The van der Waals surface area contributed by atoms with Crippen molar-refractivity contribution in [1.29, 1.82) is 0 Å². The first-order valence-electron chi connectivity index (χ1n) is 5.86. The average Bonchev–Trinajstić information content (AvgIpc) is 2.56. The molecular formula is C12H20O5. The lowest BCUT2D eigenvalue weighted by molar-refractivity contribution is -0.141. The van der Waals surface area contributed by atoms with Gasteiger partial charge in [-0.2, -0.15) is 0 Å². The van der Waals surface area contributed by atoms with E-state index < -0.39 is 17.3 Å². The van der Waals surface area contributed by atoms with Gasteiger partial charge in [-0.1, -0.05) is 19.8 Å². The highest BCUT2D eigenvalue weighted by Crippen LogP contribution is 2.36. The maximum Gasteiger partial charge on any atom is 0.264 e. The third-order valence-electron chi connectivity index (χ3n) is 3.11. The normalized spacial score (nSPS) is 26.8. The van der Waals surface area contributed by atoms with E-state index in [2.05, 4.69) is 0 Å². The maximum atomic E-state index is 11.2. The summed E-state index contributed by atoms with van der Waals surface area (Å²) in [6, 6.07) is 0. The number of Topliss-reactive ketones (excluding diaryl/α,β-unsaturated/α-hetero) is 3. The summed E-state index contributed by atoms with van der Waals surface area (Å²) < 4.78 is 0. The van der Waals surface area contributed by atoms with Crippen molar-refractivity contribution in [2.75, 3.05) is 6.61 Å². The summed E-state index contributed by atoms with van der Waals surface area (Å²) >= 11 is 0. The first-order chi connectivity index (χ1) is 7.63. The highest BCUT2D eigenvalue weighted by molar-refractivity contribution is 6.68. The van der Waals surface area contributed by atoms with Gasteiger partial charge in [0.05, 0.1) is 0 Å². The Bertz CT molecular complexity index is 269. The largest absolute Gasteiger partial charge is 0.412 e. The van der Waals surface area contributed by atoms with Crippen LogP contribution in [0, 0.1) is 11.8 Å². The summed E-state index contributed by atoms with van der Waals surface area (Å²) in [5.74, 6) is -2.10. The van der Waals surface area contributed by atoms with E-state index in [-0.39, 0.29) is 17.3 Å². The monoisotopic (exact) mass is 244 g/mol. The van der Waals surface area contributed by atoms with E-state index >= 15 is 0 Å². The fourth-order valence-corrected chi connectivity index (χ4v) is 2.22. The van der Waals surface area contributed by atoms with Crippen LogP contribution in [0.25, 0.3) is 0 Å². The number of ketones is 3. The number of rotatable bonds is 1. The third-order valence-corrected chi connectivity index (χ3v) is 3.11.